The highest BCUT2D eigenvalue weighted by Gasteiger charge is 2.18. The van der Waals surface area contributed by atoms with Crippen LogP contribution >= 0.6 is 0 Å². The molecule has 0 fully saturated rings. The zero-order valence-electron chi connectivity index (χ0n) is 11.0. The molecule has 2 aromatic rings. The molecular weight excluding hydrogens is 244 g/mol. The molecule has 0 aliphatic heterocycles. The zero-order chi connectivity index (χ0) is 13.8. The molecule has 100 valence electrons. The molecule has 6 nitrogen and oxygen atoms in total. The molecule has 0 unspecified atom stereocenters. The van der Waals surface area contributed by atoms with Gasteiger partial charge in [0.15, 0.2) is 0 Å². The van der Waals surface area contributed by atoms with Gasteiger partial charge in [-0.25, -0.2) is 9.48 Å². The number of hydrogen-bond donors (Lipinski definition) is 1. The molecular formula is C13H16N4O2. The average molecular weight is 260 g/mol. The van der Waals surface area contributed by atoms with Gasteiger partial charge in [-0.2, -0.15) is 0 Å². The number of carbonyl (C=O) groups is 1. The standard InChI is InChI=1S/C13H16N4O2/c1-3-17(9-10-7-5-4-6-8-10)12(18)11-14-13(19)16(2)15-11/h4-8H,3,9H2,1-2H3,(H,14,15,19). The topological polar surface area (TPSA) is 71.0 Å². The van der Waals surface area contributed by atoms with Crippen LogP contribution in [0.15, 0.2) is 35.1 Å². The molecule has 1 aromatic heterocycles. The van der Waals surface area contributed by atoms with Crippen LogP contribution in [0.3, 0.4) is 0 Å². The molecule has 0 aliphatic rings. The summed E-state index contributed by atoms with van der Waals surface area (Å²) in [5.74, 6) is -0.200. The Labute approximate surface area is 110 Å². The molecule has 6 heteroatoms. The molecule has 1 N–H and O–H groups in total. The Morgan fingerprint density at radius 3 is 2.58 bits per heavy atom. The van der Waals surface area contributed by atoms with Crippen molar-refractivity contribution in [3.8, 4) is 0 Å². The van der Waals surface area contributed by atoms with Crippen LogP contribution in [0.1, 0.15) is 23.1 Å². The lowest BCUT2D eigenvalue weighted by molar-refractivity contribution is 0.0740. The lowest BCUT2D eigenvalue weighted by Crippen LogP contribution is -2.31. The monoisotopic (exact) mass is 260 g/mol. The van der Waals surface area contributed by atoms with Crippen LogP contribution < -0.4 is 5.69 Å². The Morgan fingerprint density at radius 2 is 2.05 bits per heavy atom. The molecule has 0 aliphatic carbocycles. The van der Waals surface area contributed by atoms with E-state index < -0.39 is 0 Å². The summed E-state index contributed by atoms with van der Waals surface area (Å²) in [5, 5.41) is 3.88. The molecule has 0 radical (unpaired) electrons. The maximum Gasteiger partial charge on any atom is 0.343 e. The Balaban J connectivity index is 2.18. The van der Waals surface area contributed by atoms with Gasteiger partial charge >= 0.3 is 5.69 Å². The highest BCUT2D eigenvalue weighted by molar-refractivity contribution is 5.90. The van der Waals surface area contributed by atoms with Crippen molar-refractivity contribution in [2.45, 2.75) is 13.5 Å². The molecule has 0 bridgehead atoms. The van der Waals surface area contributed by atoms with Gasteiger partial charge in [-0.05, 0) is 12.5 Å². The van der Waals surface area contributed by atoms with Gasteiger partial charge in [0.2, 0.25) is 5.82 Å². The number of H-pyrrole nitrogens is 1. The van der Waals surface area contributed by atoms with Crippen LogP contribution in [-0.2, 0) is 13.6 Å². The van der Waals surface area contributed by atoms with E-state index in [2.05, 4.69) is 10.1 Å². The van der Waals surface area contributed by atoms with Gasteiger partial charge in [-0.3, -0.25) is 9.78 Å². The van der Waals surface area contributed by atoms with E-state index in [0.29, 0.717) is 13.1 Å². The van der Waals surface area contributed by atoms with Crippen molar-refractivity contribution in [3.63, 3.8) is 0 Å². The third-order valence-corrected chi connectivity index (χ3v) is 2.86. The van der Waals surface area contributed by atoms with E-state index in [9.17, 15) is 9.59 Å². The fraction of sp³-hybridized carbons (Fsp3) is 0.308. The molecule has 0 saturated carbocycles. The van der Waals surface area contributed by atoms with Crippen molar-refractivity contribution >= 4 is 5.91 Å². The number of aromatic nitrogens is 3. The molecule has 0 atom stereocenters. The number of hydrogen-bond acceptors (Lipinski definition) is 3. The summed E-state index contributed by atoms with van der Waals surface area (Å²) in [7, 11) is 1.50. The number of aryl methyl sites for hydroxylation is 1. The summed E-state index contributed by atoms with van der Waals surface area (Å²) in [6.45, 7) is 2.93. The van der Waals surface area contributed by atoms with Crippen LogP contribution in [0.25, 0.3) is 0 Å². The predicted octanol–water partition coefficient (Wildman–Crippen LogP) is 0.771. The quantitative estimate of drug-likeness (QED) is 0.882. The second-order valence-electron chi connectivity index (χ2n) is 4.21. The predicted molar refractivity (Wildman–Crippen MR) is 70.7 cm³/mol. The first-order chi connectivity index (χ1) is 9.11. The van der Waals surface area contributed by atoms with Crippen molar-refractivity contribution in [1.29, 1.82) is 0 Å². The maximum atomic E-state index is 12.2. The summed E-state index contributed by atoms with van der Waals surface area (Å²) < 4.78 is 1.11. The molecule has 0 spiro atoms. The van der Waals surface area contributed by atoms with E-state index in [1.165, 1.54) is 7.05 Å². The van der Waals surface area contributed by atoms with E-state index in [1.54, 1.807) is 4.90 Å². The minimum atomic E-state index is -0.390. The number of benzene rings is 1. The first kappa shape index (κ1) is 13.1. The summed E-state index contributed by atoms with van der Waals surface area (Å²) in [6, 6.07) is 9.69. The van der Waals surface area contributed by atoms with Crippen LogP contribution in [0, 0.1) is 0 Å². The highest BCUT2D eigenvalue weighted by atomic mass is 16.2. The van der Waals surface area contributed by atoms with E-state index in [4.69, 9.17) is 0 Å². The summed E-state index contributed by atoms with van der Waals surface area (Å²) in [4.78, 5) is 27.6. The normalized spacial score (nSPS) is 10.4. The SMILES string of the molecule is CCN(Cc1ccccc1)C(=O)c1nn(C)c(=O)[nH]1. The molecule has 19 heavy (non-hydrogen) atoms. The Hall–Kier alpha value is -2.37. The highest BCUT2D eigenvalue weighted by Crippen LogP contribution is 2.06. The third-order valence-electron chi connectivity index (χ3n) is 2.86. The minimum Gasteiger partial charge on any atom is -0.332 e. The lowest BCUT2D eigenvalue weighted by Gasteiger charge is -2.19. The second-order valence-corrected chi connectivity index (χ2v) is 4.21. The van der Waals surface area contributed by atoms with Crippen molar-refractivity contribution in [1.82, 2.24) is 19.7 Å². The van der Waals surface area contributed by atoms with Gasteiger partial charge in [-0.1, -0.05) is 30.3 Å². The van der Waals surface area contributed by atoms with Crippen LogP contribution in [0.4, 0.5) is 0 Å². The number of nitrogens with zero attached hydrogens (tertiary/aromatic N) is 3. The smallest absolute Gasteiger partial charge is 0.332 e. The number of carbonyl (C=O) groups excluding carboxylic acids is 1. The largest absolute Gasteiger partial charge is 0.343 e. The Kier molecular flexibility index (Phi) is 3.79. The number of aromatic amines is 1. The van der Waals surface area contributed by atoms with Gasteiger partial charge in [0.1, 0.15) is 0 Å². The van der Waals surface area contributed by atoms with Crippen LogP contribution in [0.2, 0.25) is 0 Å². The first-order valence-corrected chi connectivity index (χ1v) is 6.08. The lowest BCUT2D eigenvalue weighted by atomic mass is 10.2. The van der Waals surface area contributed by atoms with Crippen molar-refractivity contribution in [2.75, 3.05) is 6.54 Å². The molecule has 1 heterocycles. The molecule has 0 saturated heterocycles. The van der Waals surface area contributed by atoms with Crippen LogP contribution in [-0.4, -0.2) is 32.1 Å². The zero-order valence-corrected chi connectivity index (χ0v) is 11.0. The number of nitrogens with one attached hydrogen (secondary N) is 1. The van der Waals surface area contributed by atoms with Crippen LogP contribution in [0.5, 0.6) is 0 Å². The average Bonchev–Trinajstić information content (AvgIpc) is 2.76. The van der Waals surface area contributed by atoms with Gasteiger partial charge in [-0.15, -0.1) is 5.10 Å². The molecule has 1 amide bonds. The van der Waals surface area contributed by atoms with Crippen molar-refractivity contribution in [3.05, 3.63) is 52.2 Å². The van der Waals surface area contributed by atoms with Gasteiger partial charge in [0.05, 0.1) is 0 Å². The van der Waals surface area contributed by atoms with E-state index >= 15 is 0 Å². The summed E-state index contributed by atoms with van der Waals surface area (Å²) in [5.41, 5.74) is 0.648. The minimum absolute atomic E-state index is 0.0743. The summed E-state index contributed by atoms with van der Waals surface area (Å²) in [6.07, 6.45) is 0. The Bertz CT molecular complexity index is 615. The fourth-order valence-electron chi connectivity index (χ4n) is 1.78. The van der Waals surface area contributed by atoms with Crippen molar-refractivity contribution < 1.29 is 4.79 Å². The van der Waals surface area contributed by atoms with E-state index in [1.807, 2.05) is 37.3 Å². The third kappa shape index (κ3) is 2.90. The van der Waals surface area contributed by atoms with Gasteiger partial charge in [0.25, 0.3) is 5.91 Å². The summed E-state index contributed by atoms with van der Waals surface area (Å²) >= 11 is 0. The molecule has 1 aromatic carbocycles. The maximum absolute atomic E-state index is 12.2. The first-order valence-electron chi connectivity index (χ1n) is 6.08. The molecule has 2 rings (SSSR count). The fourth-order valence-corrected chi connectivity index (χ4v) is 1.78. The van der Waals surface area contributed by atoms with Crippen molar-refractivity contribution in [2.24, 2.45) is 7.05 Å². The van der Waals surface area contributed by atoms with E-state index in [-0.39, 0.29) is 17.4 Å². The van der Waals surface area contributed by atoms with E-state index in [0.717, 1.165) is 10.2 Å². The van der Waals surface area contributed by atoms with Gasteiger partial charge in [0, 0.05) is 20.1 Å². The second kappa shape index (κ2) is 5.51. The van der Waals surface area contributed by atoms with Gasteiger partial charge < -0.3 is 4.90 Å². The number of amides is 1. The number of rotatable bonds is 4. The Morgan fingerprint density at radius 1 is 1.37 bits per heavy atom.